The van der Waals surface area contributed by atoms with Gasteiger partial charge in [-0.05, 0) is 17.7 Å². The normalized spacial score (nSPS) is 11.7. The molecule has 0 aliphatic rings. The summed E-state index contributed by atoms with van der Waals surface area (Å²) in [7, 11) is 0. The van der Waals surface area contributed by atoms with Crippen LogP contribution in [0.15, 0.2) is 24.3 Å². The van der Waals surface area contributed by atoms with E-state index in [0.29, 0.717) is 11.3 Å². The van der Waals surface area contributed by atoms with Crippen LogP contribution in [-0.4, -0.2) is 34.6 Å². The van der Waals surface area contributed by atoms with Gasteiger partial charge in [0.05, 0.1) is 12.3 Å². The number of rotatable bonds is 6. The third kappa shape index (κ3) is 4.38. The summed E-state index contributed by atoms with van der Waals surface area (Å²) in [6.07, 6.45) is -0.0914. The molecule has 108 valence electrons. The Morgan fingerprint density at radius 2 is 1.70 bits per heavy atom. The molecule has 1 aromatic carbocycles. The standard InChI is InChI=1S/C14H17NO5/c1-9(14(19)20)8-15(10(2)16)12-5-3-11(4-6-12)7-13(17)18/h3-6,9H,7-8H2,1-2H3,(H,17,18)(H,19,20). The number of aliphatic carboxylic acids is 2. The number of hydrogen-bond acceptors (Lipinski definition) is 3. The van der Waals surface area contributed by atoms with Crippen molar-refractivity contribution in [2.24, 2.45) is 5.92 Å². The predicted octanol–water partition coefficient (Wildman–Crippen LogP) is 1.39. The number of carbonyl (C=O) groups excluding carboxylic acids is 1. The van der Waals surface area contributed by atoms with Gasteiger partial charge in [0, 0.05) is 19.2 Å². The fourth-order valence-corrected chi connectivity index (χ4v) is 1.74. The molecule has 0 aromatic heterocycles. The van der Waals surface area contributed by atoms with Crippen molar-refractivity contribution in [3.63, 3.8) is 0 Å². The van der Waals surface area contributed by atoms with Crippen LogP contribution in [0.25, 0.3) is 0 Å². The lowest BCUT2D eigenvalue weighted by atomic mass is 10.1. The van der Waals surface area contributed by atoms with E-state index in [9.17, 15) is 14.4 Å². The van der Waals surface area contributed by atoms with E-state index < -0.39 is 17.9 Å². The predicted molar refractivity (Wildman–Crippen MR) is 72.6 cm³/mol. The molecule has 2 N–H and O–H groups in total. The zero-order valence-electron chi connectivity index (χ0n) is 11.4. The van der Waals surface area contributed by atoms with E-state index in [1.807, 2.05) is 0 Å². The van der Waals surface area contributed by atoms with Crippen molar-refractivity contribution in [2.75, 3.05) is 11.4 Å². The Balaban J connectivity index is 2.90. The molecule has 1 atom stereocenters. The third-order valence-electron chi connectivity index (χ3n) is 2.86. The molecule has 0 saturated carbocycles. The van der Waals surface area contributed by atoms with E-state index in [0.717, 1.165) is 0 Å². The van der Waals surface area contributed by atoms with E-state index in [4.69, 9.17) is 10.2 Å². The van der Waals surface area contributed by atoms with E-state index in [1.54, 1.807) is 24.3 Å². The molecule has 0 aliphatic heterocycles. The summed E-state index contributed by atoms with van der Waals surface area (Å²) in [5.74, 6) is -2.85. The molecular formula is C14H17NO5. The van der Waals surface area contributed by atoms with E-state index in [2.05, 4.69) is 0 Å². The van der Waals surface area contributed by atoms with E-state index in [-0.39, 0.29) is 18.9 Å². The molecule has 0 spiro atoms. The number of carboxylic acid groups (broad SMARTS) is 2. The number of anilines is 1. The van der Waals surface area contributed by atoms with Gasteiger partial charge in [-0.25, -0.2) is 0 Å². The summed E-state index contributed by atoms with van der Waals surface area (Å²) in [5.41, 5.74) is 1.18. The number of amides is 1. The van der Waals surface area contributed by atoms with Crippen molar-refractivity contribution in [3.05, 3.63) is 29.8 Å². The lowest BCUT2D eigenvalue weighted by Crippen LogP contribution is -2.35. The van der Waals surface area contributed by atoms with Gasteiger partial charge >= 0.3 is 11.9 Å². The average Bonchev–Trinajstić information content (AvgIpc) is 2.35. The molecule has 0 bridgehead atoms. The van der Waals surface area contributed by atoms with Gasteiger partial charge in [0.2, 0.25) is 5.91 Å². The molecule has 0 fully saturated rings. The van der Waals surface area contributed by atoms with Crippen molar-refractivity contribution in [3.8, 4) is 0 Å². The Morgan fingerprint density at radius 1 is 1.15 bits per heavy atom. The number of hydrogen-bond donors (Lipinski definition) is 2. The van der Waals surface area contributed by atoms with Crippen molar-refractivity contribution < 1.29 is 24.6 Å². The highest BCUT2D eigenvalue weighted by Gasteiger charge is 2.19. The van der Waals surface area contributed by atoms with Gasteiger partial charge in [-0.3, -0.25) is 14.4 Å². The fourth-order valence-electron chi connectivity index (χ4n) is 1.74. The first-order valence-corrected chi connectivity index (χ1v) is 6.13. The molecule has 0 aliphatic carbocycles. The minimum absolute atomic E-state index is 0.0724. The molecule has 1 amide bonds. The van der Waals surface area contributed by atoms with Crippen LogP contribution in [0, 0.1) is 5.92 Å². The summed E-state index contributed by atoms with van der Waals surface area (Å²) < 4.78 is 0. The van der Waals surface area contributed by atoms with E-state index in [1.165, 1.54) is 18.7 Å². The Hall–Kier alpha value is -2.37. The van der Waals surface area contributed by atoms with Crippen molar-refractivity contribution in [1.29, 1.82) is 0 Å². The minimum Gasteiger partial charge on any atom is -0.481 e. The quantitative estimate of drug-likeness (QED) is 0.820. The number of carbonyl (C=O) groups is 3. The molecular weight excluding hydrogens is 262 g/mol. The first-order chi connectivity index (χ1) is 9.31. The summed E-state index contributed by atoms with van der Waals surface area (Å²) >= 11 is 0. The second kappa shape index (κ2) is 6.70. The fraction of sp³-hybridized carbons (Fsp3) is 0.357. The molecule has 0 heterocycles. The molecule has 1 rings (SSSR count). The minimum atomic E-state index is -0.973. The van der Waals surface area contributed by atoms with Crippen LogP contribution in [0.5, 0.6) is 0 Å². The second-order valence-corrected chi connectivity index (χ2v) is 4.61. The third-order valence-corrected chi connectivity index (χ3v) is 2.86. The zero-order valence-corrected chi connectivity index (χ0v) is 11.4. The van der Waals surface area contributed by atoms with E-state index >= 15 is 0 Å². The Bertz CT molecular complexity index is 509. The van der Waals surface area contributed by atoms with Gasteiger partial charge in [-0.1, -0.05) is 19.1 Å². The van der Waals surface area contributed by atoms with Crippen LogP contribution in [-0.2, 0) is 20.8 Å². The van der Waals surface area contributed by atoms with Crippen LogP contribution in [0.3, 0.4) is 0 Å². The summed E-state index contributed by atoms with van der Waals surface area (Å²) in [4.78, 5) is 34.4. The van der Waals surface area contributed by atoms with Crippen LogP contribution in [0.4, 0.5) is 5.69 Å². The molecule has 6 nitrogen and oxygen atoms in total. The monoisotopic (exact) mass is 279 g/mol. The first kappa shape index (κ1) is 15.7. The van der Waals surface area contributed by atoms with Gasteiger partial charge in [0.25, 0.3) is 0 Å². The van der Waals surface area contributed by atoms with Gasteiger partial charge in [0.15, 0.2) is 0 Å². The van der Waals surface area contributed by atoms with Crippen LogP contribution < -0.4 is 4.90 Å². The highest BCUT2D eigenvalue weighted by Crippen LogP contribution is 2.17. The van der Waals surface area contributed by atoms with Gasteiger partial charge in [-0.15, -0.1) is 0 Å². The number of benzene rings is 1. The Morgan fingerprint density at radius 3 is 2.10 bits per heavy atom. The average molecular weight is 279 g/mol. The van der Waals surface area contributed by atoms with Crippen LogP contribution in [0.1, 0.15) is 19.4 Å². The first-order valence-electron chi connectivity index (χ1n) is 6.13. The van der Waals surface area contributed by atoms with Crippen molar-refractivity contribution >= 4 is 23.5 Å². The Kier molecular flexibility index (Phi) is 5.25. The molecule has 6 heteroatoms. The maximum absolute atomic E-state index is 11.6. The number of nitrogens with zero attached hydrogens (tertiary/aromatic N) is 1. The second-order valence-electron chi connectivity index (χ2n) is 4.61. The lowest BCUT2D eigenvalue weighted by Gasteiger charge is -2.23. The maximum atomic E-state index is 11.6. The summed E-state index contributed by atoms with van der Waals surface area (Å²) in [6, 6.07) is 6.47. The lowest BCUT2D eigenvalue weighted by molar-refractivity contribution is -0.141. The zero-order chi connectivity index (χ0) is 15.3. The molecule has 1 unspecified atom stereocenters. The molecule has 0 saturated heterocycles. The van der Waals surface area contributed by atoms with Crippen LogP contribution in [0.2, 0.25) is 0 Å². The topological polar surface area (TPSA) is 94.9 Å². The van der Waals surface area contributed by atoms with Gasteiger partial charge < -0.3 is 15.1 Å². The largest absolute Gasteiger partial charge is 0.481 e. The van der Waals surface area contributed by atoms with Gasteiger partial charge in [0.1, 0.15) is 0 Å². The summed E-state index contributed by atoms with van der Waals surface area (Å²) in [5, 5.41) is 17.6. The highest BCUT2D eigenvalue weighted by atomic mass is 16.4. The van der Waals surface area contributed by atoms with Crippen molar-refractivity contribution in [2.45, 2.75) is 20.3 Å². The molecule has 0 radical (unpaired) electrons. The van der Waals surface area contributed by atoms with Crippen molar-refractivity contribution in [1.82, 2.24) is 0 Å². The summed E-state index contributed by atoms with van der Waals surface area (Å²) in [6.45, 7) is 2.96. The SMILES string of the molecule is CC(=O)N(CC(C)C(=O)O)c1ccc(CC(=O)O)cc1. The highest BCUT2D eigenvalue weighted by molar-refractivity contribution is 5.92. The molecule has 1 aromatic rings. The smallest absolute Gasteiger partial charge is 0.308 e. The van der Waals surface area contributed by atoms with Crippen LogP contribution >= 0.6 is 0 Å². The molecule has 20 heavy (non-hydrogen) atoms. The maximum Gasteiger partial charge on any atom is 0.308 e. The number of carboxylic acids is 2. The van der Waals surface area contributed by atoms with Gasteiger partial charge in [-0.2, -0.15) is 0 Å². The Labute approximate surface area is 116 Å².